The molecule has 0 unspecified atom stereocenters. The van der Waals surface area contributed by atoms with Gasteiger partial charge in [0.1, 0.15) is 5.82 Å². The van der Waals surface area contributed by atoms with Crippen LogP contribution in [0.2, 0.25) is 0 Å². The normalized spacial score (nSPS) is 18.3. The third-order valence-corrected chi connectivity index (χ3v) is 6.56. The zero-order chi connectivity index (χ0) is 22.5. The van der Waals surface area contributed by atoms with Gasteiger partial charge in [-0.05, 0) is 55.4 Å². The molecule has 0 spiro atoms. The second-order valence-corrected chi connectivity index (χ2v) is 8.77. The minimum Gasteiger partial charge on any atom is -0.389 e. The molecule has 2 aliphatic rings. The van der Waals surface area contributed by atoms with Crippen LogP contribution in [0.4, 0.5) is 10.3 Å². The molecule has 0 bridgehead atoms. The van der Waals surface area contributed by atoms with Crippen LogP contribution in [0.15, 0.2) is 54.5 Å². The van der Waals surface area contributed by atoms with Crippen molar-refractivity contribution in [1.29, 1.82) is 0 Å². The van der Waals surface area contributed by atoms with Crippen LogP contribution >= 0.6 is 0 Å². The summed E-state index contributed by atoms with van der Waals surface area (Å²) in [5.74, 6) is 0.397. The maximum atomic E-state index is 13.8. The van der Waals surface area contributed by atoms with Crippen LogP contribution in [-0.2, 0) is 6.42 Å². The molecule has 6 rings (SSSR count). The topological polar surface area (TPSA) is 88.2 Å². The Morgan fingerprint density at radius 1 is 1.18 bits per heavy atom. The highest BCUT2D eigenvalue weighted by Gasteiger charge is 2.29. The Labute approximate surface area is 190 Å². The maximum absolute atomic E-state index is 13.8. The predicted octanol–water partition coefficient (Wildman–Crippen LogP) is 4.35. The fourth-order valence-corrected chi connectivity index (χ4v) is 4.94. The summed E-state index contributed by atoms with van der Waals surface area (Å²) in [6.45, 7) is 1.67. The number of hydrogen-bond donors (Lipinski definition) is 2. The highest BCUT2D eigenvalue weighted by Crippen LogP contribution is 2.42. The molecule has 2 aliphatic carbocycles. The Bertz CT molecular complexity index is 1410. The van der Waals surface area contributed by atoms with Gasteiger partial charge in [0, 0.05) is 23.4 Å². The van der Waals surface area contributed by atoms with Crippen molar-refractivity contribution < 1.29 is 9.50 Å². The molecule has 3 heterocycles. The largest absolute Gasteiger partial charge is 0.389 e. The molecular formula is C25H23FN6O. The number of nitrogens with zero attached hydrogens (tertiary/aromatic N) is 5. The lowest BCUT2D eigenvalue weighted by Crippen LogP contribution is -2.25. The second-order valence-electron chi connectivity index (χ2n) is 8.77. The van der Waals surface area contributed by atoms with Gasteiger partial charge in [-0.25, -0.2) is 9.37 Å². The Morgan fingerprint density at radius 2 is 2.06 bits per heavy atom. The summed E-state index contributed by atoms with van der Waals surface area (Å²) in [5, 5.41) is 18.2. The van der Waals surface area contributed by atoms with Gasteiger partial charge in [-0.3, -0.25) is 4.98 Å². The van der Waals surface area contributed by atoms with E-state index in [0.29, 0.717) is 28.5 Å². The fraction of sp³-hybridized carbons (Fsp3) is 0.280. The number of aliphatic hydroxyl groups excluding tert-OH is 1. The first kappa shape index (κ1) is 20.0. The molecule has 166 valence electrons. The van der Waals surface area contributed by atoms with Crippen LogP contribution in [0.5, 0.6) is 0 Å². The summed E-state index contributed by atoms with van der Waals surface area (Å²) >= 11 is 0. The molecule has 0 radical (unpaired) electrons. The SMILES string of the molecule is C[C@H](O)c1cnn2c(N[C@@H]3CCC4=C(C3)c3ccccc3C4)nc(-c3cncc(F)c3)nc12. The molecule has 1 aromatic carbocycles. The quantitative estimate of drug-likeness (QED) is 0.489. The van der Waals surface area contributed by atoms with Crippen molar-refractivity contribution in [3.63, 3.8) is 0 Å². The number of aromatic nitrogens is 5. The van der Waals surface area contributed by atoms with Crippen molar-refractivity contribution in [1.82, 2.24) is 24.6 Å². The number of nitrogens with one attached hydrogen (secondary N) is 1. The molecule has 2 N–H and O–H groups in total. The minimum atomic E-state index is -0.749. The number of benzene rings is 1. The number of aliphatic hydroxyl groups is 1. The minimum absolute atomic E-state index is 0.172. The maximum Gasteiger partial charge on any atom is 0.228 e. The highest BCUT2D eigenvalue weighted by atomic mass is 19.1. The number of fused-ring (bicyclic) bond motifs is 3. The number of halogens is 1. The van der Waals surface area contributed by atoms with Crippen LogP contribution in [-0.4, -0.2) is 35.7 Å². The van der Waals surface area contributed by atoms with Gasteiger partial charge in [0.05, 0.1) is 18.5 Å². The lowest BCUT2D eigenvalue weighted by atomic mass is 9.88. The summed E-state index contributed by atoms with van der Waals surface area (Å²) < 4.78 is 15.5. The van der Waals surface area contributed by atoms with E-state index < -0.39 is 11.9 Å². The van der Waals surface area contributed by atoms with Crippen molar-refractivity contribution in [3.8, 4) is 11.4 Å². The van der Waals surface area contributed by atoms with Crippen molar-refractivity contribution in [3.05, 3.63) is 77.0 Å². The van der Waals surface area contributed by atoms with Gasteiger partial charge in [0.25, 0.3) is 0 Å². The molecule has 3 aromatic heterocycles. The molecule has 7 nitrogen and oxygen atoms in total. The summed E-state index contributed by atoms with van der Waals surface area (Å²) in [5.41, 5.74) is 7.27. The smallest absolute Gasteiger partial charge is 0.228 e. The molecule has 0 saturated carbocycles. The van der Waals surface area contributed by atoms with Crippen molar-refractivity contribution in [2.75, 3.05) is 5.32 Å². The van der Waals surface area contributed by atoms with Crippen LogP contribution in [0, 0.1) is 5.82 Å². The molecule has 33 heavy (non-hydrogen) atoms. The van der Waals surface area contributed by atoms with Gasteiger partial charge in [0.2, 0.25) is 5.95 Å². The molecule has 0 aliphatic heterocycles. The van der Waals surface area contributed by atoms with Gasteiger partial charge in [-0.1, -0.05) is 29.8 Å². The average Bonchev–Trinajstić information content (AvgIpc) is 3.41. The van der Waals surface area contributed by atoms with Crippen molar-refractivity contribution in [2.45, 2.75) is 44.8 Å². The molecule has 0 amide bonds. The Morgan fingerprint density at radius 3 is 2.91 bits per heavy atom. The van der Waals surface area contributed by atoms with E-state index in [0.717, 1.165) is 31.9 Å². The first-order chi connectivity index (χ1) is 16.1. The summed E-state index contributed by atoms with van der Waals surface area (Å²) in [7, 11) is 0. The van der Waals surface area contributed by atoms with Crippen molar-refractivity contribution >= 4 is 17.2 Å². The third kappa shape index (κ3) is 3.47. The highest BCUT2D eigenvalue weighted by molar-refractivity contribution is 5.77. The van der Waals surface area contributed by atoms with E-state index in [1.165, 1.54) is 34.5 Å². The van der Waals surface area contributed by atoms with Gasteiger partial charge in [-0.15, -0.1) is 0 Å². The zero-order valence-electron chi connectivity index (χ0n) is 18.2. The standard InChI is InChI=1S/C25H23FN6O/c1-14(33)22-13-28-32-24(22)30-23(17-9-18(26)12-27-11-17)31-25(32)29-19-7-6-16-8-15-4-2-3-5-20(15)21(16)10-19/h2-5,9,11-14,19,33H,6-8,10H2,1H3,(H,29,30,31)/t14-,19+/m0/s1. The number of rotatable bonds is 4. The third-order valence-electron chi connectivity index (χ3n) is 6.56. The summed E-state index contributed by atoms with van der Waals surface area (Å²) in [4.78, 5) is 13.2. The monoisotopic (exact) mass is 442 g/mol. The molecule has 2 atom stereocenters. The van der Waals surface area contributed by atoms with E-state index in [1.807, 2.05) is 0 Å². The van der Waals surface area contributed by atoms with E-state index in [4.69, 9.17) is 0 Å². The number of hydrogen-bond acceptors (Lipinski definition) is 6. The Balaban J connectivity index is 1.38. The molecule has 4 aromatic rings. The van der Waals surface area contributed by atoms with E-state index in [1.54, 1.807) is 17.6 Å². The van der Waals surface area contributed by atoms with E-state index in [2.05, 4.69) is 49.6 Å². The van der Waals surface area contributed by atoms with Gasteiger partial charge in [-0.2, -0.15) is 14.6 Å². The molecular weight excluding hydrogens is 419 g/mol. The summed E-state index contributed by atoms with van der Waals surface area (Å²) in [6.07, 6.45) is 7.50. The first-order valence-electron chi connectivity index (χ1n) is 11.2. The second kappa shape index (κ2) is 7.74. The number of pyridine rings is 1. The van der Waals surface area contributed by atoms with Gasteiger partial charge in [0.15, 0.2) is 11.5 Å². The van der Waals surface area contributed by atoms with Gasteiger partial charge < -0.3 is 10.4 Å². The molecule has 0 fully saturated rings. The lowest BCUT2D eigenvalue weighted by molar-refractivity contribution is 0.200. The van der Waals surface area contributed by atoms with Gasteiger partial charge >= 0.3 is 0 Å². The first-order valence-corrected chi connectivity index (χ1v) is 11.2. The van der Waals surface area contributed by atoms with E-state index in [9.17, 15) is 9.50 Å². The average molecular weight is 442 g/mol. The fourth-order valence-electron chi connectivity index (χ4n) is 4.94. The molecule has 8 heteroatoms. The van der Waals surface area contributed by atoms with Crippen LogP contribution < -0.4 is 5.32 Å². The van der Waals surface area contributed by atoms with Crippen molar-refractivity contribution in [2.24, 2.45) is 0 Å². The predicted molar refractivity (Wildman–Crippen MR) is 123 cm³/mol. The van der Waals surface area contributed by atoms with E-state index in [-0.39, 0.29) is 6.04 Å². The molecule has 0 saturated heterocycles. The number of allylic oxidation sites excluding steroid dienone is 1. The van der Waals surface area contributed by atoms with E-state index >= 15 is 0 Å². The summed E-state index contributed by atoms with van der Waals surface area (Å²) in [6, 6.07) is 10.1. The Hall–Kier alpha value is -3.65. The van der Waals surface area contributed by atoms with Crippen LogP contribution in [0.3, 0.4) is 0 Å². The Kier molecular flexibility index (Phi) is 4.69. The van der Waals surface area contributed by atoms with Crippen LogP contribution in [0.25, 0.3) is 22.6 Å². The van der Waals surface area contributed by atoms with Crippen LogP contribution in [0.1, 0.15) is 49.0 Å². The number of anilines is 1. The zero-order valence-corrected chi connectivity index (χ0v) is 18.2. The lowest BCUT2D eigenvalue weighted by Gasteiger charge is -2.26.